The zero-order valence-corrected chi connectivity index (χ0v) is 16.5. The Labute approximate surface area is 160 Å². The predicted molar refractivity (Wildman–Crippen MR) is 106 cm³/mol. The van der Waals surface area contributed by atoms with Crippen LogP contribution in [0.5, 0.6) is 0 Å². The van der Waals surface area contributed by atoms with E-state index in [2.05, 4.69) is 4.72 Å². The second kappa shape index (κ2) is 7.70. The Bertz CT molecular complexity index is 937. The molecule has 1 aliphatic heterocycles. The van der Waals surface area contributed by atoms with Gasteiger partial charge in [-0.05, 0) is 48.2 Å². The third-order valence-corrected chi connectivity index (χ3v) is 5.97. The molecule has 0 radical (unpaired) electrons. The number of hydrogen-bond donors (Lipinski definition) is 1. The van der Waals surface area contributed by atoms with Crippen molar-refractivity contribution in [3.8, 4) is 0 Å². The molecule has 0 aliphatic carbocycles. The number of nitrogens with zero attached hydrogens (tertiary/aromatic N) is 1. The molecule has 1 N–H and O–H groups in total. The van der Waals surface area contributed by atoms with Gasteiger partial charge in [0, 0.05) is 12.2 Å². The van der Waals surface area contributed by atoms with Crippen LogP contribution in [0.4, 0.5) is 11.4 Å². The lowest BCUT2D eigenvalue weighted by Crippen LogP contribution is -2.41. The Hall–Kier alpha value is -2.38. The summed E-state index contributed by atoms with van der Waals surface area (Å²) in [5, 5.41) is 0. The van der Waals surface area contributed by atoms with E-state index in [-0.39, 0.29) is 23.3 Å². The molecule has 0 atom stereocenters. The van der Waals surface area contributed by atoms with E-state index in [9.17, 15) is 13.2 Å². The number of para-hydroxylation sites is 1. The second-order valence-electron chi connectivity index (χ2n) is 6.89. The monoisotopic (exact) mass is 388 g/mol. The molecule has 0 unspecified atom stereocenters. The minimum absolute atomic E-state index is 0.0485. The molecule has 3 rings (SSSR count). The van der Waals surface area contributed by atoms with Gasteiger partial charge < -0.3 is 9.64 Å². The van der Waals surface area contributed by atoms with E-state index in [1.807, 2.05) is 39.0 Å². The molecular formula is C20H24N2O4S. The number of nitrogens with one attached hydrogen (secondary N) is 1. The molecule has 144 valence electrons. The standard InChI is InChI=1S/C20H24N2O4S/c1-14(2)18-6-4-5-15(3)20(18)21-27(24,25)17-9-7-16(8-10-17)22-11-12-26-13-19(22)23/h4-10,14,21H,11-13H2,1-3H3. The van der Waals surface area contributed by atoms with Gasteiger partial charge >= 0.3 is 0 Å². The summed E-state index contributed by atoms with van der Waals surface area (Å²) in [7, 11) is -3.73. The van der Waals surface area contributed by atoms with Crippen molar-refractivity contribution < 1.29 is 17.9 Å². The first-order valence-corrected chi connectivity index (χ1v) is 10.4. The molecule has 0 saturated carbocycles. The normalized spacial score (nSPS) is 15.3. The summed E-state index contributed by atoms with van der Waals surface area (Å²) in [4.78, 5) is 13.7. The SMILES string of the molecule is Cc1cccc(C(C)C)c1NS(=O)(=O)c1ccc(N2CCOCC2=O)cc1. The lowest BCUT2D eigenvalue weighted by Gasteiger charge is -2.27. The van der Waals surface area contributed by atoms with Crippen LogP contribution in [0.3, 0.4) is 0 Å². The van der Waals surface area contributed by atoms with Crippen LogP contribution < -0.4 is 9.62 Å². The highest BCUT2D eigenvalue weighted by Gasteiger charge is 2.22. The molecule has 27 heavy (non-hydrogen) atoms. The van der Waals surface area contributed by atoms with E-state index in [0.717, 1.165) is 11.1 Å². The number of aryl methyl sites for hydroxylation is 1. The van der Waals surface area contributed by atoms with Gasteiger partial charge in [0.1, 0.15) is 6.61 Å². The number of benzene rings is 2. The minimum atomic E-state index is -3.73. The van der Waals surface area contributed by atoms with E-state index in [1.54, 1.807) is 17.0 Å². The van der Waals surface area contributed by atoms with Gasteiger partial charge in [-0.15, -0.1) is 0 Å². The van der Waals surface area contributed by atoms with E-state index in [4.69, 9.17) is 4.74 Å². The summed E-state index contributed by atoms with van der Waals surface area (Å²) in [6, 6.07) is 12.1. The minimum Gasteiger partial charge on any atom is -0.370 e. The van der Waals surface area contributed by atoms with Crippen LogP contribution in [0, 0.1) is 6.92 Å². The average Bonchev–Trinajstić information content (AvgIpc) is 2.63. The van der Waals surface area contributed by atoms with Crippen LogP contribution in [0.2, 0.25) is 0 Å². The van der Waals surface area contributed by atoms with Gasteiger partial charge in [0.25, 0.3) is 15.9 Å². The van der Waals surface area contributed by atoms with E-state index < -0.39 is 10.0 Å². The topological polar surface area (TPSA) is 75.7 Å². The number of carbonyl (C=O) groups is 1. The molecule has 0 spiro atoms. The van der Waals surface area contributed by atoms with Crippen molar-refractivity contribution in [1.82, 2.24) is 0 Å². The fourth-order valence-electron chi connectivity index (χ4n) is 3.10. The maximum absolute atomic E-state index is 12.9. The van der Waals surface area contributed by atoms with Gasteiger partial charge in [0.15, 0.2) is 0 Å². The number of amides is 1. The highest BCUT2D eigenvalue weighted by Crippen LogP contribution is 2.30. The summed E-state index contributed by atoms with van der Waals surface area (Å²) in [5.74, 6) is 0.0637. The maximum atomic E-state index is 12.9. The van der Waals surface area contributed by atoms with Crippen molar-refractivity contribution in [3.05, 3.63) is 53.6 Å². The molecule has 2 aromatic carbocycles. The van der Waals surface area contributed by atoms with Crippen LogP contribution in [-0.4, -0.2) is 34.1 Å². The number of sulfonamides is 1. The molecule has 2 aromatic rings. The second-order valence-corrected chi connectivity index (χ2v) is 8.57. The Kier molecular flexibility index (Phi) is 5.53. The third-order valence-electron chi connectivity index (χ3n) is 4.61. The van der Waals surface area contributed by atoms with Crippen molar-refractivity contribution in [1.29, 1.82) is 0 Å². The summed E-state index contributed by atoms with van der Waals surface area (Å²) in [6.45, 7) is 6.92. The Morgan fingerprint density at radius 2 is 1.81 bits per heavy atom. The van der Waals surface area contributed by atoms with E-state index in [0.29, 0.717) is 24.5 Å². The van der Waals surface area contributed by atoms with Gasteiger partial charge in [0.05, 0.1) is 17.2 Å². The van der Waals surface area contributed by atoms with Gasteiger partial charge in [-0.3, -0.25) is 9.52 Å². The zero-order chi connectivity index (χ0) is 19.6. The van der Waals surface area contributed by atoms with Crippen LogP contribution >= 0.6 is 0 Å². The van der Waals surface area contributed by atoms with Crippen LogP contribution in [0.15, 0.2) is 47.4 Å². The predicted octanol–water partition coefficient (Wildman–Crippen LogP) is 3.28. The number of anilines is 2. The first kappa shape index (κ1) is 19.4. The molecule has 0 aromatic heterocycles. The number of morpholine rings is 1. The highest BCUT2D eigenvalue weighted by atomic mass is 32.2. The number of ether oxygens (including phenoxy) is 1. The van der Waals surface area contributed by atoms with Gasteiger partial charge in [0.2, 0.25) is 0 Å². The van der Waals surface area contributed by atoms with Gasteiger partial charge in [-0.25, -0.2) is 8.42 Å². The molecule has 1 fully saturated rings. The highest BCUT2D eigenvalue weighted by molar-refractivity contribution is 7.92. The number of hydrogen-bond acceptors (Lipinski definition) is 4. The number of rotatable bonds is 5. The zero-order valence-electron chi connectivity index (χ0n) is 15.7. The van der Waals surface area contributed by atoms with Crippen molar-refractivity contribution in [2.24, 2.45) is 0 Å². The smallest absolute Gasteiger partial charge is 0.261 e. The van der Waals surface area contributed by atoms with Crippen molar-refractivity contribution in [2.75, 3.05) is 29.4 Å². The molecule has 1 aliphatic rings. The van der Waals surface area contributed by atoms with Crippen molar-refractivity contribution in [3.63, 3.8) is 0 Å². The molecule has 1 saturated heterocycles. The molecule has 6 nitrogen and oxygen atoms in total. The molecule has 1 amide bonds. The lowest BCUT2D eigenvalue weighted by molar-refractivity contribution is -0.125. The third kappa shape index (κ3) is 4.14. The Morgan fingerprint density at radius 1 is 1.11 bits per heavy atom. The van der Waals surface area contributed by atoms with Gasteiger partial charge in [-0.2, -0.15) is 0 Å². The van der Waals surface area contributed by atoms with Crippen LogP contribution in [-0.2, 0) is 19.6 Å². The Morgan fingerprint density at radius 3 is 2.44 bits per heavy atom. The summed E-state index contributed by atoms with van der Waals surface area (Å²) < 4.78 is 33.6. The lowest BCUT2D eigenvalue weighted by atomic mass is 9.99. The van der Waals surface area contributed by atoms with E-state index >= 15 is 0 Å². The summed E-state index contributed by atoms with van der Waals surface area (Å²) in [5.41, 5.74) is 3.12. The van der Waals surface area contributed by atoms with Gasteiger partial charge in [-0.1, -0.05) is 32.0 Å². The summed E-state index contributed by atoms with van der Waals surface area (Å²) in [6.07, 6.45) is 0. The molecule has 0 bridgehead atoms. The van der Waals surface area contributed by atoms with E-state index in [1.165, 1.54) is 12.1 Å². The first-order chi connectivity index (χ1) is 12.8. The largest absolute Gasteiger partial charge is 0.370 e. The quantitative estimate of drug-likeness (QED) is 0.853. The fraction of sp³-hybridized carbons (Fsp3) is 0.350. The Balaban J connectivity index is 1.87. The van der Waals surface area contributed by atoms with Crippen LogP contribution in [0.1, 0.15) is 30.9 Å². The first-order valence-electron chi connectivity index (χ1n) is 8.90. The average molecular weight is 388 g/mol. The molecule has 1 heterocycles. The van der Waals surface area contributed by atoms with Crippen LogP contribution in [0.25, 0.3) is 0 Å². The summed E-state index contributed by atoms with van der Waals surface area (Å²) >= 11 is 0. The number of carbonyl (C=O) groups excluding carboxylic acids is 1. The van der Waals surface area contributed by atoms with Crippen molar-refractivity contribution in [2.45, 2.75) is 31.6 Å². The maximum Gasteiger partial charge on any atom is 0.261 e. The fourth-order valence-corrected chi connectivity index (χ4v) is 4.26. The molecule has 7 heteroatoms. The molecular weight excluding hydrogens is 364 g/mol. The van der Waals surface area contributed by atoms with Crippen molar-refractivity contribution >= 4 is 27.3 Å².